The molecule has 0 aliphatic rings. The Hall–Kier alpha value is -3.19. The summed E-state index contributed by atoms with van der Waals surface area (Å²) in [6.45, 7) is 4.94. The fourth-order valence-electron chi connectivity index (χ4n) is 3.15. The first kappa shape index (κ1) is 21.5. The molecular formula is C22H22ClN3O4. The van der Waals surface area contributed by atoms with Crippen LogP contribution in [0.15, 0.2) is 52.1 Å². The second-order valence-corrected chi connectivity index (χ2v) is 7.59. The predicted octanol–water partition coefficient (Wildman–Crippen LogP) is 2.92. The van der Waals surface area contributed by atoms with Gasteiger partial charge in [0.25, 0.3) is 5.56 Å². The summed E-state index contributed by atoms with van der Waals surface area (Å²) in [4.78, 5) is 50.7. The standard InChI is InChI=1S/C22H22ClN3O4/c1-4-13(2)24-20(28)12-25-19-11-16(23)8-9-18(19)21(29)26(22(25)30)17-7-5-6-15(10-17)14(3)27/h5-11,13H,4,12H2,1-3H3,(H,24,28)/t13-/m0/s1. The van der Waals surface area contributed by atoms with Crippen molar-refractivity contribution in [1.29, 1.82) is 0 Å². The molecular weight excluding hydrogens is 406 g/mol. The zero-order chi connectivity index (χ0) is 22.0. The van der Waals surface area contributed by atoms with Gasteiger partial charge in [0.15, 0.2) is 5.78 Å². The van der Waals surface area contributed by atoms with Crippen molar-refractivity contribution >= 4 is 34.2 Å². The van der Waals surface area contributed by atoms with Gasteiger partial charge in [-0.25, -0.2) is 9.36 Å². The van der Waals surface area contributed by atoms with E-state index in [2.05, 4.69) is 5.32 Å². The van der Waals surface area contributed by atoms with Crippen LogP contribution in [0.1, 0.15) is 37.6 Å². The van der Waals surface area contributed by atoms with Gasteiger partial charge in [-0.15, -0.1) is 0 Å². The maximum Gasteiger partial charge on any atom is 0.336 e. The molecule has 3 rings (SSSR count). The molecule has 0 aliphatic carbocycles. The topological polar surface area (TPSA) is 90.2 Å². The molecule has 1 N–H and O–H groups in total. The molecule has 0 saturated heterocycles. The Morgan fingerprint density at radius 3 is 2.53 bits per heavy atom. The molecule has 0 aliphatic heterocycles. The number of fused-ring (bicyclic) bond motifs is 1. The minimum Gasteiger partial charge on any atom is -0.352 e. The Kier molecular flexibility index (Phi) is 6.22. The lowest BCUT2D eigenvalue weighted by Crippen LogP contribution is -2.43. The van der Waals surface area contributed by atoms with Gasteiger partial charge in [0, 0.05) is 16.6 Å². The van der Waals surface area contributed by atoms with Crippen molar-refractivity contribution < 1.29 is 9.59 Å². The van der Waals surface area contributed by atoms with Gasteiger partial charge in [-0.05, 0) is 50.6 Å². The highest BCUT2D eigenvalue weighted by molar-refractivity contribution is 6.31. The van der Waals surface area contributed by atoms with Gasteiger partial charge >= 0.3 is 5.69 Å². The van der Waals surface area contributed by atoms with E-state index in [0.717, 1.165) is 11.0 Å². The highest BCUT2D eigenvalue weighted by Crippen LogP contribution is 2.17. The largest absolute Gasteiger partial charge is 0.352 e. The summed E-state index contributed by atoms with van der Waals surface area (Å²) in [5.74, 6) is -0.541. The van der Waals surface area contributed by atoms with Crippen LogP contribution in [0.3, 0.4) is 0 Å². The van der Waals surface area contributed by atoms with E-state index >= 15 is 0 Å². The maximum absolute atomic E-state index is 13.3. The second kappa shape index (κ2) is 8.67. The Morgan fingerprint density at radius 2 is 1.87 bits per heavy atom. The van der Waals surface area contributed by atoms with Crippen LogP contribution >= 0.6 is 11.6 Å². The van der Waals surface area contributed by atoms with Gasteiger partial charge in [-0.2, -0.15) is 0 Å². The Bertz CT molecular complexity index is 1260. The van der Waals surface area contributed by atoms with Gasteiger partial charge < -0.3 is 5.32 Å². The van der Waals surface area contributed by atoms with E-state index in [-0.39, 0.29) is 40.9 Å². The first-order chi connectivity index (χ1) is 14.2. The normalized spacial score (nSPS) is 12.0. The van der Waals surface area contributed by atoms with Crippen LogP contribution in [0.5, 0.6) is 0 Å². The lowest BCUT2D eigenvalue weighted by molar-refractivity contribution is -0.122. The molecule has 7 nitrogen and oxygen atoms in total. The summed E-state index contributed by atoms with van der Waals surface area (Å²) in [7, 11) is 0. The average Bonchev–Trinajstić information content (AvgIpc) is 2.71. The lowest BCUT2D eigenvalue weighted by atomic mass is 10.1. The van der Waals surface area contributed by atoms with Crippen LogP contribution < -0.4 is 16.6 Å². The quantitative estimate of drug-likeness (QED) is 0.612. The molecule has 1 heterocycles. The summed E-state index contributed by atoms with van der Waals surface area (Å²) in [5, 5.41) is 3.40. The van der Waals surface area contributed by atoms with Crippen molar-refractivity contribution in [3.63, 3.8) is 0 Å². The highest BCUT2D eigenvalue weighted by atomic mass is 35.5. The van der Waals surface area contributed by atoms with E-state index in [4.69, 9.17) is 11.6 Å². The number of benzene rings is 2. The first-order valence-corrected chi connectivity index (χ1v) is 9.96. The number of aromatic nitrogens is 2. The molecule has 0 spiro atoms. The van der Waals surface area contributed by atoms with Gasteiger partial charge in [0.05, 0.1) is 16.6 Å². The summed E-state index contributed by atoms with van der Waals surface area (Å²) >= 11 is 6.09. The fraction of sp³-hybridized carbons (Fsp3) is 0.273. The number of amides is 1. The third-order valence-corrected chi connectivity index (χ3v) is 5.17. The van der Waals surface area contributed by atoms with Crippen molar-refractivity contribution in [3.05, 3.63) is 73.9 Å². The molecule has 1 aromatic heterocycles. The number of Topliss-reactive ketones (excluding diaryl/α,β-unsaturated/α-hetero) is 1. The maximum atomic E-state index is 13.3. The molecule has 0 unspecified atom stereocenters. The van der Waals surface area contributed by atoms with E-state index in [1.165, 1.54) is 29.7 Å². The SMILES string of the molecule is CC[C@H](C)NC(=O)Cn1c(=O)n(-c2cccc(C(C)=O)c2)c(=O)c2ccc(Cl)cc21. The number of rotatable bonds is 6. The molecule has 156 valence electrons. The summed E-state index contributed by atoms with van der Waals surface area (Å²) in [6.07, 6.45) is 0.741. The Labute approximate surface area is 177 Å². The third-order valence-electron chi connectivity index (χ3n) is 4.94. The molecule has 1 atom stereocenters. The van der Waals surface area contributed by atoms with Crippen molar-refractivity contribution in [1.82, 2.24) is 14.5 Å². The molecule has 3 aromatic rings. The number of hydrogen-bond acceptors (Lipinski definition) is 4. The minimum atomic E-state index is -0.685. The van der Waals surface area contributed by atoms with E-state index in [0.29, 0.717) is 10.6 Å². The fourth-order valence-corrected chi connectivity index (χ4v) is 3.32. The number of carbonyl (C=O) groups is 2. The zero-order valence-electron chi connectivity index (χ0n) is 16.9. The zero-order valence-corrected chi connectivity index (χ0v) is 17.7. The predicted molar refractivity (Wildman–Crippen MR) is 117 cm³/mol. The molecule has 0 fully saturated rings. The van der Waals surface area contributed by atoms with E-state index in [1.54, 1.807) is 24.3 Å². The Morgan fingerprint density at radius 1 is 1.13 bits per heavy atom. The van der Waals surface area contributed by atoms with Gasteiger partial charge in [0.2, 0.25) is 5.91 Å². The minimum absolute atomic E-state index is 0.0544. The van der Waals surface area contributed by atoms with E-state index in [1.807, 2.05) is 13.8 Å². The summed E-state index contributed by atoms with van der Waals surface area (Å²) in [5.41, 5.74) is -0.335. The highest BCUT2D eigenvalue weighted by Gasteiger charge is 2.18. The van der Waals surface area contributed by atoms with Crippen molar-refractivity contribution in [2.45, 2.75) is 39.8 Å². The van der Waals surface area contributed by atoms with Crippen LogP contribution in [0.25, 0.3) is 16.6 Å². The van der Waals surface area contributed by atoms with E-state index < -0.39 is 11.2 Å². The second-order valence-electron chi connectivity index (χ2n) is 7.15. The smallest absolute Gasteiger partial charge is 0.336 e. The summed E-state index contributed by atoms with van der Waals surface area (Å²) < 4.78 is 2.19. The number of carbonyl (C=O) groups excluding carboxylic acids is 2. The number of ketones is 1. The molecule has 30 heavy (non-hydrogen) atoms. The molecule has 0 radical (unpaired) electrons. The monoisotopic (exact) mass is 427 g/mol. The molecule has 1 amide bonds. The van der Waals surface area contributed by atoms with Crippen LogP contribution in [0.2, 0.25) is 5.02 Å². The van der Waals surface area contributed by atoms with Crippen LogP contribution in [0, 0.1) is 0 Å². The summed E-state index contributed by atoms with van der Waals surface area (Å²) in [6, 6.07) is 10.8. The van der Waals surface area contributed by atoms with Crippen molar-refractivity contribution in [2.75, 3.05) is 0 Å². The third kappa shape index (κ3) is 4.21. The van der Waals surface area contributed by atoms with Crippen molar-refractivity contribution in [2.24, 2.45) is 0 Å². The van der Waals surface area contributed by atoms with Crippen molar-refractivity contribution in [3.8, 4) is 5.69 Å². The van der Waals surface area contributed by atoms with Gasteiger partial charge in [0.1, 0.15) is 6.54 Å². The molecule has 0 saturated carbocycles. The molecule has 2 aromatic carbocycles. The Balaban J connectivity index is 2.27. The molecule has 0 bridgehead atoms. The first-order valence-electron chi connectivity index (χ1n) is 9.58. The number of hydrogen-bond donors (Lipinski definition) is 1. The van der Waals surface area contributed by atoms with Gasteiger partial charge in [-0.1, -0.05) is 30.7 Å². The van der Waals surface area contributed by atoms with E-state index in [9.17, 15) is 19.2 Å². The number of nitrogens with zero attached hydrogens (tertiary/aromatic N) is 2. The van der Waals surface area contributed by atoms with Gasteiger partial charge in [-0.3, -0.25) is 19.0 Å². The molecule has 8 heteroatoms. The number of nitrogens with one attached hydrogen (secondary N) is 1. The van der Waals surface area contributed by atoms with Crippen LogP contribution in [0.4, 0.5) is 0 Å². The van der Waals surface area contributed by atoms with Crippen LogP contribution in [-0.2, 0) is 11.3 Å². The lowest BCUT2D eigenvalue weighted by Gasteiger charge is -2.16. The average molecular weight is 428 g/mol. The number of halogens is 1. The van der Waals surface area contributed by atoms with Crippen LogP contribution in [-0.4, -0.2) is 26.9 Å².